The number of carbonyl (C=O) groups excluding carboxylic acids is 1. The molecule has 0 bridgehead atoms. The average molecular weight is 376 g/mol. The molecule has 0 spiro atoms. The van der Waals surface area contributed by atoms with Gasteiger partial charge in [0, 0.05) is 28.7 Å². The first kappa shape index (κ1) is 17.2. The van der Waals surface area contributed by atoms with Crippen molar-refractivity contribution in [2.75, 3.05) is 6.26 Å². The number of hydrogen-bond acceptors (Lipinski definition) is 4. The Balaban J connectivity index is 2.14. The number of sulfone groups is 1. The van der Waals surface area contributed by atoms with Gasteiger partial charge in [-0.1, -0.05) is 11.6 Å². The van der Waals surface area contributed by atoms with Gasteiger partial charge in [-0.2, -0.15) is 0 Å². The Labute approximate surface area is 149 Å². The van der Waals surface area contributed by atoms with Crippen LogP contribution in [0.5, 0.6) is 0 Å². The fourth-order valence-electron chi connectivity index (χ4n) is 2.35. The fourth-order valence-corrected chi connectivity index (χ4v) is 3.11. The number of aromatic nitrogens is 2. The van der Waals surface area contributed by atoms with E-state index in [9.17, 15) is 13.2 Å². The topological polar surface area (TPSA) is 95.0 Å². The monoisotopic (exact) mass is 375 g/mol. The van der Waals surface area contributed by atoms with E-state index in [1.807, 2.05) is 0 Å². The van der Waals surface area contributed by atoms with Crippen LogP contribution in [0.25, 0.3) is 17.1 Å². The summed E-state index contributed by atoms with van der Waals surface area (Å²) in [6.07, 6.45) is 2.66. The summed E-state index contributed by atoms with van der Waals surface area (Å²) in [5.74, 6) is -0.153. The maximum Gasteiger partial charge on any atom is 0.268 e. The maximum absolute atomic E-state index is 11.6. The molecule has 2 aromatic carbocycles. The predicted molar refractivity (Wildman–Crippen MR) is 95.6 cm³/mol. The molecule has 6 nitrogen and oxygen atoms in total. The van der Waals surface area contributed by atoms with Crippen molar-refractivity contribution in [2.45, 2.75) is 4.90 Å². The molecule has 1 amide bonds. The van der Waals surface area contributed by atoms with Gasteiger partial charge in [-0.05, 0) is 48.5 Å². The molecule has 1 aromatic heterocycles. The van der Waals surface area contributed by atoms with Crippen LogP contribution in [0.1, 0.15) is 10.5 Å². The molecule has 0 unspecified atom stereocenters. The summed E-state index contributed by atoms with van der Waals surface area (Å²) in [6, 6.07) is 13.3. The number of amides is 1. The molecule has 128 valence electrons. The van der Waals surface area contributed by atoms with E-state index in [2.05, 4.69) is 4.98 Å². The second-order valence-electron chi connectivity index (χ2n) is 5.46. The van der Waals surface area contributed by atoms with Gasteiger partial charge in [-0.3, -0.25) is 9.36 Å². The molecule has 0 saturated carbocycles. The molecular weight excluding hydrogens is 362 g/mol. The van der Waals surface area contributed by atoms with Crippen LogP contribution in [0.2, 0.25) is 5.02 Å². The summed E-state index contributed by atoms with van der Waals surface area (Å²) in [5, 5.41) is 0.578. The Morgan fingerprint density at radius 1 is 1.08 bits per heavy atom. The first-order chi connectivity index (χ1) is 11.8. The van der Waals surface area contributed by atoms with Crippen LogP contribution in [-0.4, -0.2) is 30.1 Å². The third kappa shape index (κ3) is 3.57. The molecule has 0 aliphatic carbocycles. The number of primary amides is 1. The van der Waals surface area contributed by atoms with Gasteiger partial charge in [0.25, 0.3) is 5.91 Å². The van der Waals surface area contributed by atoms with Gasteiger partial charge >= 0.3 is 0 Å². The Morgan fingerprint density at radius 3 is 2.20 bits per heavy atom. The minimum atomic E-state index is -3.29. The zero-order chi connectivity index (χ0) is 18.2. The summed E-state index contributed by atoms with van der Waals surface area (Å²) in [5.41, 5.74) is 6.84. The first-order valence-corrected chi connectivity index (χ1v) is 9.48. The molecular formula is C17H14ClN3O3S. The maximum atomic E-state index is 11.6. The van der Waals surface area contributed by atoms with Crippen molar-refractivity contribution in [2.24, 2.45) is 5.73 Å². The molecule has 1 heterocycles. The Kier molecular flexibility index (Phi) is 4.36. The van der Waals surface area contributed by atoms with E-state index in [1.54, 1.807) is 41.0 Å². The number of imidazole rings is 1. The first-order valence-electron chi connectivity index (χ1n) is 7.21. The summed E-state index contributed by atoms with van der Waals surface area (Å²) in [4.78, 5) is 16.0. The van der Waals surface area contributed by atoms with E-state index >= 15 is 0 Å². The van der Waals surface area contributed by atoms with Crippen molar-refractivity contribution in [3.63, 3.8) is 0 Å². The molecule has 25 heavy (non-hydrogen) atoms. The van der Waals surface area contributed by atoms with Crippen LogP contribution in [0.3, 0.4) is 0 Å². The highest BCUT2D eigenvalue weighted by molar-refractivity contribution is 7.90. The highest BCUT2D eigenvalue weighted by Crippen LogP contribution is 2.25. The second kappa shape index (κ2) is 6.34. The van der Waals surface area contributed by atoms with E-state index in [4.69, 9.17) is 17.3 Å². The molecule has 2 N–H and O–H groups in total. The lowest BCUT2D eigenvalue weighted by Gasteiger charge is -2.08. The SMILES string of the molecule is CS(=O)(=O)c1ccc(-n2cc(C(N)=O)nc2-c2ccc(Cl)cc2)cc1. The van der Waals surface area contributed by atoms with E-state index in [0.29, 0.717) is 16.5 Å². The number of nitrogens with two attached hydrogens (primary N) is 1. The van der Waals surface area contributed by atoms with E-state index < -0.39 is 15.7 Å². The van der Waals surface area contributed by atoms with Gasteiger partial charge in [0.2, 0.25) is 0 Å². The lowest BCUT2D eigenvalue weighted by Crippen LogP contribution is -2.11. The van der Waals surface area contributed by atoms with Crippen LogP contribution in [0.4, 0.5) is 0 Å². The summed E-state index contributed by atoms with van der Waals surface area (Å²) in [7, 11) is -3.29. The average Bonchev–Trinajstić information content (AvgIpc) is 3.00. The number of rotatable bonds is 4. The van der Waals surface area contributed by atoms with Crippen molar-refractivity contribution in [3.8, 4) is 17.1 Å². The van der Waals surface area contributed by atoms with Gasteiger partial charge in [-0.25, -0.2) is 13.4 Å². The molecule has 0 fully saturated rings. The summed E-state index contributed by atoms with van der Waals surface area (Å²) >= 11 is 5.91. The standard InChI is InChI=1S/C17H14ClN3O3S/c1-25(23,24)14-8-6-13(7-9-14)21-10-15(16(19)22)20-17(21)11-2-4-12(18)5-3-11/h2-10H,1H3,(H2,19,22). The zero-order valence-corrected chi connectivity index (χ0v) is 14.8. The van der Waals surface area contributed by atoms with Crippen molar-refractivity contribution in [3.05, 3.63) is 65.4 Å². The highest BCUT2D eigenvalue weighted by Gasteiger charge is 2.15. The van der Waals surface area contributed by atoms with Crippen molar-refractivity contribution in [1.82, 2.24) is 9.55 Å². The van der Waals surface area contributed by atoms with Gasteiger partial charge in [0.05, 0.1) is 4.90 Å². The molecule has 8 heteroatoms. The van der Waals surface area contributed by atoms with Crippen molar-refractivity contribution < 1.29 is 13.2 Å². The van der Waals surface area contributed by atoms with E-state index in [0.717, 1.165) is 11.8 Å². The number of nitrogens with zero attached hydrogens (tertiary/aromatic N) is 2. The van der Waals surface area contributed by atoms with Gasteiger partial charge in [0.15, 0.2) is 9.84 Å². The minimum absolute atomic E-state index is 0.108. The normalized spacial score (nSPS) is 11.4. The zero-order valence-electron chi connectivity index (χ0n) is 13.2. The Bertz CT molecular complexity index is 1040. The van der Waals surface area contributed by atoms with Gasteiger partial charge in [-0.15, -0.1) is 0 Å². The molecule has 0 atom stereocenters. The van der Waals surface area contributed by atoms with Crippen LogP contribution in [0.15, 0.2) is 59.6 Å². The van der Waals surface area contributed by atoms with E-state index in [1.165, 1.54) is 18.3 Å². The fraction of sp³-hybridized carbons (Fsp3) is 0.0588. The molecule has 0 aliphatic rings. The molecule has 3 rings (SSSR count). The van der Waals surface area contributed by atoms with Crippen LogP contribution in [0, 0.1) is 0 Å². The molecule has 0 aliphatic heterocycles. The number of hydrogen-bond donors (Lipinski definition) is 1. The van der Waals surface area contributed by atoms with Crippen LogP contribution >= 0.6 is 11.6 Å². The number of carbonyl (C=O) groups is 1. The predicted octanol–water partition coefficient (Wildman–Crippen LogP) is 2.70. The third-order valence-electron chi connectivity index (χ3n) is 3.60. The largest absolute Gasteiger partial charge is 0.364 e. The smallest absolute Gasteiger partial charge is 0.268 e. The summed E-state index contributed by atoms with van der Waals surface area (Å²) in [6.45, 7) is 0. The van der Waals surface area contributed by atoms with Gasteiger partial charge < -0.3 is 5.73 Å². The van der Waals surface area contributed by atoms with Crippen molar-refractivity contribution in [1.29, 1.82) is 0 Å². The highest BCUT2D eigenvalue weighted by atomic mass is 35.5. The molecule has 0 radical (unpaired) electrons. The Morgan fingerprint density at radius 2 is 1.68 bits per heavy atom. The van der Waals surface area contributed by atoms with Crippen LogP contribution in [-0.2, 0) is 9.84 Å². The summed E-state index contributed by atoms with van der Waals surface area (Å²) < 4.78 is 24.9. The number of benzene rings is 2. The second-order valence-corrected chi connectivity index (χ2v) is 7.91. The van der Waals surface area contributed by atoms with E-state index in [-0.39, 0.29) is 10.6 Å². The number of halogens is 1. The Hall–Kier alpha value is -2.64. The third-order valence-corrected chi connectivity index (χ3v) is 4.98. The van der Waals surface area contributed by atoms with Crippen LogP contribution < -0.4 is 5.73 Å². The quantitative estimate of drug-likeness (QED) is 0.758. The lowest BCUT2D eigenvalue weighted by molar-refractivity contribution is 0.0996. The molecule has 0 saturated heterocycles. The molecule has 3 aromatic rings. The van der Waals surface area contributed by atoms with Gasteiger partial charge in [0.1, 0.15) is 11.5 Å². The minimum Gasteiger partial charge on any atom is -0.364 e. The lowest BCUT2D eigenvalue weighted by atomic mass is 10.2. The van der Waals surface area contributed by atoms with Crippen molar-refractivity contribution >= 4 is 27.3 Å².